The molecule has 0 unspecified atom stereocenters. The second kappa shape index (κ2) is 9.27. The van der Waals surface area contributed by atoms with Gasteiger partial charge >= 0.3 is 0 Å². The Morgan fingerprint density at radius 1 is 1.07 bits per heavy atom. The smallest absolute Gasteiger partial charge is 0.262 e. The summed E-state index contributed by atoms with van der Waals surface area (Å²) in [6.45, 7) is 2.15. The van der Waals surface area contributed by atoms with Crippen LogP contribution in [0.5, 0.6) is 11.6 Å². The van der Waals surface area contributed by atoms with Gasteiger partial charge in [0, 0.05) is 11.9 Å². The number of carbonyl (C=O) groups is 1. The molecule has 0 saturated heterocycles. The summed E-state index contributed by atoms with van der Waals surface area (Å²) in [4.78, 5) is 16.7. The third-order valence-electron chi connectivity index (χ3n) is 4.05. The van der Waals surface area contributed by atoms with E-state index in [1.807, 2.05) is 0 Å². The van der Waals surface area contributed by atoms with Gasteiger partial charge in [-0.3, -0.25) is 9.52 Å². The van der Waals surface area contributed by atoms with E-state index in [1.165, 1.54) is 25.4 Å². The minimum absolute atomic E-state index is 0.0116. The number of rotatable bonds is 8. The van der Waals surface area contributed by atoms with Gasteiger partial charge in [0.25, 0.3) is 15.9 Å². The van der Waals surface area contributed by atoms with Crippen molar-refractivity contribution in [2.24, 2.45) is 0 Å². The van der Waals surface area contributed by atoms with Gasteiger partial charge in [-0.1, -0.05) is 18.2 Å². The molecule has 0 spiro atoms. The number of pyridine rings is 1. The topological polar surface area (TPSA) is 107 Å². The SMILES string of the molecule is CCOc1ncccc1C(=O)Nc1cccc(S(=O)(=O)Nc2ccccc2OC)c1. The van der Waals surface area contributed by atoms with Crippen LogP contribution in [0.2, 0.25) is 0 Å². The number of para-hydroxylation sites is 2. The second-order valence-corrected chi connectivity index (χ2v) is 7.76. The highest BCUT2D eigenvalue weighted by atomic mass is 32.2. The molecule has 3 rings (SSSR count). The van der Waals surface area contributed by atoms with Crippen LogP contribution in [0, 0.1) is 0 Å². The van der Waals surface area contributed by atoms with Crippen LogP contribution in [0.3, 0.4) is 0 Å². The van der Waals surface area contributed by atoms with Crippen LogP contribution in [0.1, 0.15) is 17.3 Å². The van der Waals surface area contributed by atoms with Crippen LogP contribution < -0.4 is 19.5 Å². The number of ether oxygens (including phenoxy) is 2. The Morgan fingerprint density at radius 3 is 2.63 bits per heavy atom. The van der Waals surface area contributed by atoms with Gasteiger partial charge in [0.2, 0.25) is 5.88 Å². The zero-order valence-electron chi connectivity index (χ0n) is 16.5. The number of methoxy groups -OCH3 is 1. The van der Waals surface area contributed by atoms with E-state index in [1.54, 1.807) is 55.5 Å². The highest BCUT2D eigenvalue weighted by Crippen LogP contribution is 2.27. The van der Waals surface area contributed by atoms with Gasteiger partial charge in [-0.15, -0.1) is 0 Å². The number of amides is 1. The van der Waals surface area contributed by atoms with E-state index >= 15 is 0 Å². The quantitative estimate of drug-likeness (QED) is 0.569. The fraction of sp³-hybridized carbons (Fsp3) is 0.143. The first kappa shape index (κ1) is 21.1. The molecule has 0 fully saturated rings. The van der Waals surface area contributed by atoms with Gasteiger partial charge < -0.3 is 14.8 Å². The maximum Gasteiger partial charge on any atom is 0.262 e. The van der Waals surface area contributed by atoms with Crippen molar-refractivity contribution in [3.63, 3.8) is 0 Å². The molecule has 0 aliphatic rings. The van der Waals surface area contributed by atoms with Crippen LogP contribution in [0.4, 0.5) is 11.4 Å². The Bertz CT molecular complexity index is 1150. The lowest BCUT2D eigenvalue weighted by Crippen LogP contribution is -2.16. The Hall–Kier alpha value is -3.59. The maximum absolute atomic E-state index is 12.8. The van der Waals surface area contributed by atoms with E-state index in [4.69, 9.17) is 9.47 Å². The highest BCUT2D eigenvalue weighted by Gasteiger charge is 2.18. The molecule has 1 heterocycles. The number of sulfonamides is 1. The van der Waals surface area contributed by atoms with E-state index in [9.17, 15) is 13.2 Å². The predicted molar refractivity (Wildman–Crippen MR) is 114 cm³/mol. The van der Waals surface area contributed by atoms with Gasteiger partial charge in [-0.2, -0.15) is 0 Å². The van der Waals surface area contributed by atoms with E-state index in [0.717, 1.165) is 0 Å². The van der Waals surface area contributed by atoms with Crippen LogP contribution in [-0.4, -0.2) is 33.0 Å². The van der Waals surface area contributed by atoms with Gasteiger partial charge in [-0.05, 0) is 49.4 Å². The highest BCUT2D eigenvalue weighted by molar-refractivity contribution is 7.92. The Kier molecular flexibility index (Phi) is 6.53. The average Bonchev–Trinajstić information content (AvgIpc) is 2.74. The summed E-state index contributed by atoms with van der Waals surface area (Å²) in [7, 11) is -2.45. The van der Waals surface area contributed by atoms with Gasteiger partial charge in [-0.25, -0.2) is 13.4 Å². The van der Waals surface area contributed by atoms with Crippen LogP contribution >= 0.6 is 0 Å². The summed E-state index contributed by atoms with van der Waals surface area (Å²) in [6, 6.07) is 15.8. The molecule has 0 atom stereocenters. The summed E-state index contributed by atoms with van der Waals surface area (Å²) in [6.07, 6.45) is 1.53. The average molecular weight is 427 g/mol. The molecule has 0 bridgehead atoms. The third-order valence-corrected chi connectivity index (χ3v) is 5.41. The van der Waals surface area contributed by atoms with Gasteiger partial charge in [0.1, 0.15) is 11.3 Å². The first-order chi connectivity index (χ1) is 14.4. The number of nitrogens with zero attached hydrogens (tertiary/aromatic N) is 1. The molecule has 0 saturated carbocycles. The van der Waals surface area contributed by atoms with Gasteiger partial charge in [0.15, 0.2) is 0 Å². The van der Waals surface area contributed by atoms with Crippen molar-refractivity contribution in [3.05, 3.63) is 72.4 Å². The molecule has 3 aromatic rings. The molecule has 30 heavy (non-hydrogen) atoms. The molecular weight excluding hydrogens is 406 g/mol. The van der Waals surface area contributed by atoms with Gasteiger partial charge in [0.05, 0.1) is 24.3 Å². The number of nitrogens with one attached hydrogen (secondary N) is 2. The third kappa shape index (κ3) is 4.87. The van der Waals surface area contributed by atoms with Crippen molar-refractivity contribution < 1.29 is 22.7 Å². The van der Waals surface area contributed by atoms with Crippen molar-refractivity contribution in [2.45, 2.75) is 11.8 Å². The Morgan fingerprint density at radius 2 is 1.87 bits per heavy atom. The Balaban J connectivity index is 1.83. The molecule has 2 N–H and O–H groups in total. The molecule has 0 radical (unpaired) electrons. The number of carbonyl (C=O) groups excluding carboxylic acids is 1. The fourth-order valence-corrected chi connectivity index (χ4v) is 3.80. The largest absolute Gasteiger partial charge is 0.495 e. The summed E-state index contributed by atoms with van der Waals surface area (Å²) in [5.41, 5.74) is 0.875. The summed E-state index contributed by atoms with van der Waals surface area (Å²) >= 11 is 0. The van der Waals surface area contributed by atoms with E-state index in [0.29, 0.717) is 23.7 Å². The Labute approximate surface area is 174 Å². The van der Waals surface area contributed by atoms with Crippen molar-refractivity contribution in [2.75, 3.05) is 23.8 Å². The first-order valence-electron chi connectivity index (χ1n) is 9.09. The minimum Gasteiger partial charge on any atom is -0.495 e. The van der Waals surface area contributed by atoms with E-state index in [-0.39, 0.29) is 16.3 Å². The molecule has 2 aromatic carbocycles. The number of hydrogen-bond acceptors (Lipinski definition) is 6. The monoisotopic (exact) mass is 427 g/mol. The zero-order valence-corrected chi connectivity index (χ0v) is 17.3. The summed E-state index contributed by atoms with van der Waals surface area (Å²) in [5.74, 6) is 0.142. The lowest BCUT2D eigenvalue weighted by molar-refractivity contribution is 0.102. The van der Waals surface area contributed by atoms with Crippen molar-refractivity contribution in [3.8, 4) is 11.6 Å². The molecule has 1 aromatic heterocycles. The first-order valence-corrected chi connectivity index (χ1v) is 10.6. The maximum atomic E-state index is 12.8. The number of aromatic nitrogens is 1. The van der Waals surface area contributed by atoms with Crippen molar-refractivity contribution in [1.82, 2.24) is 4.98 Å². The predicted octanol–water partition coefficient (Wildman–Crippen LogP) is 3.54. The molecule has 0 aliphatic heterocycles. The summed E-state index contributed by atoms with van der Waals surface area (Å²) < 4.78 is 38.7. The standard InChI is InChI=1S/C21H21N3O5S/c1-3-29-21-17(10-7-13-22-21)20(25)23-15-8-6-9-16(14-15)30(26,27)24-18-11-4-5-12-19(18)28-2/h4-14,24H,3H2,1-2H3,(H,23,25). The molecule has 9 heteroatoms. The lowest BCUT2D eigenvalue weighted by atomic mass is 10.2. The molecule has 1 amide bonds. The number of hydrogen-bond donors (Lipinski definition) is 2. The molecule has 156 valence electrons. The van der Waals surface area contributed by atoms with Crippen LogP contribution in [0.15, 0.2) is 71.8 Å². The van der Waals surface area contributed by atoms with E-state index < -0.39 is 15.9 Å². The molecule has 0 aliphatic carbocycles. The molecule has 8 nitrogen and oxygen atoms in total. The minimum atomic E-state index is -3.90. The zero-order chi connectivity index (χ0) is 21.6. The normalized spacial score (nSPS) is 10.9. The lowest BCUT2D eigenvalue weighted by Gasteiger charge is -2.13. The van der Waals surface area contributed by atoms with Crippen molar-refractivity contribution in [1.29, 1.82) is 0 Å². The van der Waals surface area contributed by atoms with Crippen LogP contribution in [-0.2, 0) is 10.0 Å². The second-order valence-electron chi connectivity index (χ2n) is 6.08. The van der Waals surface area contributed by atoms with E-state index in [2.05, 4.69) is 15.0 Å². The number of benzene rings is 2. The number of anilines is 2. The summed E-state index contributed by atoms with van der Waals surface area (Å²) in [5, 5.41) is 2.68. The van der Waals surface area contributed by atoms with Crippen LogP contribution in [0.25, 0.3) is 0 Å². The molecular formula is C21H21N3O5S. The fourth-order valence-electron chi connectivity index (χ4n) is 2.69. The van der Waals surface area contributed by atoms with Crippen molar-refractivity contribution >= 4 is 27.3 Å².